The molecule has 1 unspecified atom stereocenters. The number of nitrogens with one attached hydrogen (secondary N) is 1. The summed E-state index contributed by atoms with van der Waals surface area (Å²) in [4.78, 5) is 0. The zero-order chi connectivity index (χ0) is 13.7. The van der Waals surface area contributed by atoms with Crippen molar-refractivity contribution in [2.45, 2.75) is 46.6 Å². The van der Waals surface area contributed by atoms with Crippen LogP contribution in [-0.2, 0) is 10.2 Å². The van der Waals surface area contributed by atoms with Crippen LogP contribution in [0.2, 0.25) is 0 Å². The van der Waals surface area contributed by atoms with Crippen LogP contribution in [0.25, 0.3) is 0 Å². The number of hydrogen-bond donors (Lipinski definition) is 2. The lowest BCUT2D eigenvalue weighted by atomic mass is 9.99. The van der Waals surface area contributed by atoms with Crippen LogP contribution >= 0.6 is 0 Å². The minimum atomic E-state index is -3.45. The molecule has 0 spiro atoms. The van der Waals surface area contributed by atoms with Crippen molar-refractivity contribution in [3.8, 4) is 0 Å². The molecule has 0 heterocycles. The highest BCUT2D eigenvalue weighted by Gasteiger charge is 2.36. The minimum absolute atomic E-state index is 0.286. The summed E-state index contributed by atoms with van der Waals surface area (Å²) in [5.74, 6) is 0.286. The number of rotatable bonds is 8. The summed E-state index contributed by atoms with van der Waals surface area (Å²) in [5.41, 5.74) is 5.20. The molecule has 0 saturated heterocycles. The molecule has 0 rings (SSSR count). The Kier molecular flexibility index (Phi) is 6.61. The van der Waals surface area contributed by atoms with Crippen molar-refractivity contribution < 1.29 is 8.42 Å². The van der Waals surface area contributed by atoms with Crippen molar-refractivity contribution in [2.24, 2.45) is 11.7 Å². The van der Waals surface area contributed by atoms with Crippen LogP contribution in [0.3, 0.4) is 0 Å². The van der Waals surface area contributed by atoms with Crippen molar-refractivity contribution >= 4 is 10.2 Å². The first-order valence-corrected chi connectivity index (χ1v) is 7.65. The fraction of sp³-hybridized carbons (Fsp3) is 1.00. The van der Waals surface area contributed by atoms with E-state index in [0.717, 1.165) is 0 Å². The Hall–Kier alpha value is -0.170. The number of hydrogen-bond acceptors (Lipinski definition) is 3. The lowest BCUT2D eigenvalue weighted by Gasteiger charge is -2.38. The second-order valence-corrected chi connectivity index (χ2v) is 6.65. The average Bonchev–Trinajstić information content (AvgIpc) is 2.26. The second kappa shape index (κ2) is 6.68. The predicted molar refractivity (Wildman–Crippen MR) is 71.9 cm³/mol. The highest BCUT2D eigenvalue weighted by atomic mass is 32.2. The van der Waals surface area contributed by atoms with Crippen LogP contribution in [-0.4, -0.2) is 37.9 Å². The van der Waals surface area contributed by atoms with Crippen molar-refractivity contribution in [3.63, 3.8) is 0 Å². The van der Waals surface area contributed by atoms with E-state index in [2.05, 4.69) is 4.72 Å². The van der Waals surface area contributed by atoms with Crippen LogP contribution in [0.5, 0.6) is 0 Å². The molecule has 0 saturated carbocycles. The molecule has 104 valence electrons. The lowest BCUT2D eigenvalue weighted by Crippen LogP contribution is -2.57. The number of likely N-dealkylation sites (N-methyl/N-ethyl adjacent to an activating group) is 1. The van der Waals surface area contributed by atoms with Gasteiger partial charge in [-0.3, -0.25) is 0 Å². The highest BCUT2D eigenvalue weighted by Crippen LogP contribution is 2.20. The molecule has 0 aliphatic heterocycles. The van der Waals surface area contributed by atoms with Crippen LogP contribution in [0.15, 0.2) is 0 Å². The normalized spacial score (nSPS) is 16.5. The van der Waals surface area contributed by atoms with E-state index in [1.165, 1.54) is 4.31 Å². The Balaban J connectivity index is 4.98. The molecule has 0 aromatic rings. The molecule has 0 aromatic heterocycles. The van der Waals surface area contributed by atoms with Gasteiger partial charge in [0.1, 0.15) is 0 Å². The fourth-order valence-electron chi connectivity index (χ4n) is 1.61. The molecule has 0 aliphatic carbocycles. The summed E-state index contributed by atoms with van der Waals surface area (Å²) < 4.78 is 28.5. The zero-order valence-electron chi connectivity index (χ0n) is 11.7. The van der Waals surface area contributed by atoms with Crippen LogP contribution < -0.4 is 10.5 Å². The molecule has 0 radical (unpaired) electrons. The SMILES string of the molecule is CCN(C(C)(CC)CN)S(=O)(=O)NCC(C)C. The summed E-state index contributed by atoms with van der Waals surface area (Å²) in [6.07, 6.45) is 0.694. The van der Waals surface area contributed by atoms with Gasteiger partial charge in [0.05, 0.1) is 0 Å². The highest BCUT2D eigenvalue weighted by molar-refractivity contribution is 7.87. The van der Waals surface area contributed by atoms with Crippen LogP contribution in [0.1, 0.15) is 41.0 Å². The first-order valence-electron chi connectivity index (χ1n) is 6.21. The van der Waals surface area contributed by atoms with Gasteiger partial charge in [0.25, 0.3) is 10.2 Å². The predicted octanol–water partition coefficient (Wildman–Crippen LogP) is 0.926. The third-order valence-electron chi connectivity index (χ3n) is 3.05. The third-order valence-corrected chi connectivity index (χ3v) is 4.87. The van der Waals surface area contributed by atoms with Gasteiger partial charge in [-0.15, -0.1) is 0 Å². The van der Waals surface area contributed by atoms with Gasteiger partial charge in [-0.2, -0.15) is 12.7 Å². The quantitative estimate of drug-likeness (QED) is 0.685. The van der Waals surface area contributed by atoms with Gasteiger partial charge in [-0.1, -0.05) is 27.7 Å². The van der Waals surface area contributed by atoms with E-state index in [0.29, 0.717) is 26.1 Å². The lowest BCUT2D eigenvalue weighted by molar-refractivity contribution is 0.211. The Bertz CT molecular complexity index is 311. The Morgan fingerprint density at radius 2 is 1.88 bits per heavy atom. The maximum atomic E-state index is 12.2. The summed E-state index contributed by atoms with van der Waals surface area (Å²) in [6.45, 7) is 10.8. The largest absolute Gasteiger partial charge is 0.329 e. The molecular weight excluding hydrogens is 238 g/mol. The summed E-state index contributed by atoms with van der Waals surface area (Å²) in [6, 6.07) is 0. The van der Waals surface area contributed by atoms with E-state index >= 15 is 0 Å². The topological polar surface area (TPSA) is 75.4 Å². The minimum Gasteiger partial charge on any atom is -0.329 e. The van der Waals surface area contributed by atoms with E-state index < -0.39 is 15.7 Å². The third kappa shape index (κ3) is 4.54. The van der Waals surface area contributed by atoms with Crippen molar-refractivity contribution in [3.05, 3.63) is 0 Å². The smallest absolute Gasteiger partial charge is 0.279 e. The summed E-state index contributed by atoms with van der Waals surface area (Å²) in [5, 5.41) is 0. The summed E-state index contributed by atoms with van der Waals surface area (Å²) >= 11 is 0. The molecular formula is C11H27N3O2S. The standard InChI is InChI=1S/C11H27N3O2S/c1-6-11(5,9-12)14(7-2)17(15,16)13-8-10(3)4/h10,13H,6-9,12H2,1-5H3. The molecule has 0 amide bonds. The fourth-order valence-corrected chi connectivity index (χ4v) is 3.44. The Morgan fingerprint density at radius 3 is 2.18 bits per heavy atom. The zero-order valence-corrected chi connectivity index (χ0v) is 12.5. The Labute approximate surface area is 106 Å². The van der Waals surface area contributed by atoms with Gasteiger partial charge in [0, 0.05) is 25.2 Å². The maximum Gasteiger partial charge on any atom is 0.279 e. The van der Waals surface area contributed by atoms with Gasteiger partial charge in [-0.25, -0.2) is 4.72 Å². The molecule has 0 fully saturated rings. The molecule has 6 heteroatoms. The van der Waals surface area contributed by atoms with Crippen molar-refractivity contribution in [2.75, 3.05) is 19.6 Å². The van der Waals surface area contributed by atoms with E-state index in [-0.39, 0.29) is 5.92 Å². The molecule has 5 nitrogen and oxygen atoms in total. The summed E-state index contributed by atoms with van der Waals surface area (Å²) in [7, 11) is -3.45. The van der Waals surface area contributed by atoms with Crippen LogP contribution in [0.4, 0.5) is 0 Å². The monoisotopic (exact) mass is 265 g/mol. The van der Waals surface area contributed by atoms with Crippen molar-refractivity contribution in [1.29, 1.82) is 0 Å². The Morgan fingerprint density at radius 1 is 1.35 bits per heavy atom. The first-order chi connectivity index (χ1) is 7.73. The second-order valence-electron chi connectivity index (χ2n) is 4.97. The number of nitrogens with zero attached hydrogens (tertiary/aromatic N) is 1. The average molecular weight is 265 g/mol. The molecule has 17 heavy (non-hydrogen) atoms. The molecule has 0 aliphatic rings. The molecule has 1 atom stereocenters. The number of nitrogens with two attached hydrogens (primary N) is 1. The van der Waals surface area contributed by atoms with Crippen molar-refractivity contribution in [1.82, 2.24) is 9.03 Å². The van der Waals surface area contributed by atoms with E-state index in [4.69, 9.17) is 5.73 Å². The van der Waals surface area contributed by atoms with Gasteiger partial charge in [-0.05, 0) is 19.3 Å². The van der Waals surface area contributed by atoms with E-state index in [1.807, 2.05) is 34.6 Å². The van der Waals surface area contributed by atoms with Crippen LogP contribution in [0, 0.1) is 5.92 Å². The van der Waals surface area contributed by atoms with Gasteiger partial charge in [0.15, 0.2) is 0 Å². The van der Waals surface area contributed by atoms with E-state index in [1.54, 1.807) is 0 Å². The van der Waals surface area contributed by atoms with Gasteiger partial charge in [0.2, 0.25) is 0 Å². The molecule has 0 bridgehead atoms. The van der Waals surface area contributed by atoms with E-state index in [9.17, 15) is 8.42 Å². The van der Waals surface area contributed by atoms with Gasteiger partial charge < -0.3 is 5.73 Å². The first kappa shape index (κ1) is 16.8. The molecule has 0 aromatic carbocycles. The van der Waals surface area contributed by atoms with Gasteiger partial charge >= 0.3 is 0 Å². The molecule has 3 N–H and O–H groups in total. The maximum absolute atomic E-state index is 12.2.